The Kier molecular flexibility index (Phi) is 4.12. The van der Waals surface area contributed by atoms with Gasteiger partial charge in [-0.25, -0.2) is 0 Å². The highest BCUT2D eigenvalue weighted by Gasteiger charge is 2.11. The van der Waals surface area contributed by atoms with Crippen LogP contribution in [0.15, 0.2) is 26.0 Å². The van der Waals surface area contributed by atoms with Crippen molar-refractivity contribution in [2.24, 2.45) is 0 Å². The number of nitrogens with zero attached hydrogens (tertiary/aromatic N) is 1. The molecule has 2 aromatic rings. The van der Waals surface area contributed by atoms with Crippen LogP contribution in [0.1, 0.15) is 14.5 Å². The van der Waals surface area contributed by atoms with Crippen molar-refractivity contribution in [3.05, 3.63) is 35.8 Å². The molecular weight excluding hydrogens is 376 g/mol. The highest BCUT2D eigenvalue weighted by atomic mass is 79.9. The third-order valence-corrected chi connectivity index (χ3v) is 5.81. The molecule has 0 atom stereocenters. The molecular formula is C9H6Br2N2OS2. The number of carbonyl (C=O) groups excluding carboxylic acids is 1. The summed E-state index contributed by atoms with van der Waals surface area (Å²) in [5, 5.41) is 2.84. The van der Waals surface area contributed by atoms with Crippen LogP contribution < -0.4 is 5.32 Å². The Hall–Kier alpha value is -0.240. The van der Waals surface area contributed by atoms with E-state index >= 15 is 0 Å². The summed E-state index contributed by atoms with van der Waals surface area (Å²) in [7, 11) is 0. The molecule has 0 aliphatic carbocycles. The van der Waals surface area contributed by atoms with E-state index in [9.17, 15) is 4.79 Å². The van der Waals surface area contributed by atoms with Crippen molar-refractivity contribution < 1.29 is 4.79 Å². The van der Waals surface area contributed by atoms with Gasteiger partial charge in [-0.1, -0.05) is 0 Å². The number of aromatic nitrogens is 1. The van der Waals surface area contributed by atoms with E-state index < -0.39 is 0 Å². The topological polar surface area (TPSA) is 42.0 Å². The van der Waals surface area contributed by atoms with Crippen molar-refractivity contribution in [2.45, 2.75) is 6.54 Å². The predicted molar refractivity (Wildman–Crippen MR) is 73.0 cm³/mol. The summed E-state index contributed by atoms with van der Waals surface area (Å²) in [6, 6.07) is 1.80. The zero-order chi connectivity index (χ0) is 11.5. The summed E-state index contributed by atoms with van der Waals surface area (Å²) in [5.41, 5.74) is 1.75. The molecule has 0 aliphatic rings. The number of nitrogens with one attached hydrogen (secondary N) is 1. The monoisotopic (exact) mass is 380 g/mol. The first-order chi connectivity index (χ1) is 7.66. The second-order valence-corrected chi connectivity index (χ2v) is 7.08. The molecule has 16 heavy (non-hydrogen) atoms. The summed E-state index contributed by atoms with van der Waals surface area (Å²) in [6.45, 7) is 0.524. The zero-order valence-electron chi connectivity index (χ0n) is 7.87. The van der Waals surface area contributed by atoms with E-state index in [0.29, 0.717) is 11.4 Å². The first-order valence-corrected chi connectivity index (χ1v) is 7.55. The quantitative estimate of drug-likeness (QED) is 0.881. The minimum atomic E-state index is -0.0650. The second kappa shape index (κ2) is 5.39. The number of thiophene rings is 1. The number of amides is 1. The van der Waals surface area contributed by atoms with E-state index in [1.54, 1.807) is 17.8 Å². The van der Waals surface area contributed by atoms with Crippen molar-refractivity contribution in [3.63, 3.8) is 0 Å². The van der Waals surface area contributed by atoms with E-state index in [0.717, 1.165) is 13.1 Å². The number of hydrogen-bond acceptors (Lipinski definition) is 4. The van der Waals surface area contributed by atoms with Gasteiger partial charge in [-0.3, -0.25) is 9.78 Å². The highest BCUT2D eigenvalue weighted by molar-refractivity contribution is 9.13. The molecule has 0 bridgehead atoms. The molecule has 0 spiro atoms. The van der Waals surface area contributed by atoms with Crippen LogP contribution in [0, 0.1) is 0 Å². The van der Waals surface area contributed by atoms with Crippen molar-refractivity contribution >= 4 is 60.4 Å². The Morgan fingerprint density at radius 3 is 2.88 bits per heavy atom. The van der Waals surface area contributed by atoms with E-state index in [4.69, 9.17) is 0 Å². The molecule has 2 aromatic heterocycles. The van der Waals surface area contributed by atoms with Gasteiger partial charge in [-0.15, -0.1) is 22.7 Å². The van der Waals surface area contributed by atoms with Gasteiger partial charge in [0.25, 0.3) is 5.91 Å². The average molecular weight is 382 g/mol. The minimum absolute atomic E-state index is 0.0650. The van der Waals surface area contributed by atoms with Gasteiger partial charge in [-0.05, 0) is 37.9 Å². The third kappa shape index (κ3) is 2.91. The third-order valence-electron chi connectivity index (χ3n) is 1.78. The molecule has 2 rings (SSSR count). The molecule has 1 N–H and O–H groups in total. The lowest BCUT2D eigenvalue weighted by Gasteiger charge is -1.99. The molecule has 0 fully saturated rings. The van der Waals surface area contributed by atoms with Crippen molar-refractivity contribution in [3.8, 4) is 0 Å². The Morgan fingerprint density at radius 1 is 1.50 bits per heavy atom. The van der Waals surface area contributed by atoms with Crippen LogP contribution in [0.25, 0.3) is 0 Å². The van der Waals surface area contributed by atoms with E-state index in [1.165, 1.54) is 22.7 Å². The summed E-state index contributed by atoms with van der Waals surface area (Å²) in [5.74, 6) is -0.0650. The van der Waals surface area contributed by atoms with Crippen LogP contribution in [-0.4, -0.2) is 10.9 Å². The van der Waals surface area contributed by atoms with Gasteiger partial charge in [0.05, 0.1) is 20.7 Å². The number of hydrogen-bond donors (Lipinski definition) is 1. The van der Waals surface area contributed by atoms with Gasteiger partial charge in [0, 0.05) is 15.5 Å². The zero-order valence-corrected chi connectivity index (χ0v) is 12.7. The molecule has 0 radical (unpaired) electrons. The lowest BCUT2D eigenvalue weighted by Crippen LogP contribution is -2.21. The predicted octanol–water partition coefficient (Wildman–Crippen LogP) is 3.66. The maximum Gasteiger partial charge on any atom is 0.261 e. The van der Waals surface area contributed by atoms with Gasteiger partial charge in [-0.2, -0.15) is 0 Å². The Bertz CT molecular complexity index is 476. The van der Waals surface area contributed by atoms with Crippen LogP contribution >= 0.6 is 54.5 Å². The fourth-order valence-corrected chi connectivity index (χ4v) is 3.53. The fraction of sp³-hybridized carbons (Fsp3) is 0.111. The maximum absolute atomic E-state index is 11.7. The number of rotatable bonds is 3. The van der Waals surface area contributed by atoms with Crippen LogP contribution in [0.5, 0.6) is 0 Å². The van der Waals surface area contributed by atoms with Crippen LogP contribution in [0.2, 0.25) is 0 Å². The molecule has 84 valence electrons. The van der Waals surface area contributed by atoms with Crippen LogP contribution in [0.4, 0.5) is 0 Å². The number of thiazole rings is 1. The van der Waals surface area contributed by atoms with Crippen LogP contribution in [-0.2, 0) is 6.54 Å². The molecule has 1 amide bonds. The summed E-state index contributed by atoms with van der Waals surface area (Å²) in [4.78, 5) is 17.4. The fourth-order valence-electron chi connectivity index (χ4n) is 1.04. The largest absolute Gasteiger partial charge is 0.346 e. The van der Waals surface area contributed by atoms with E-state index in [1.807, 2.05) is 0 Å². The van der Waals surface area contributed by atoms with Gasteiger partial charge in [0.1, 0.15) is 0 Å². The number of halogens is 2. The minimum Gasteiger partial charge on any atom is -0.346 e. The molecule has 2 heterocycles. The lowest BCUT2D eigenvalue weighted by atomic mass is 10.4. The van der Waals surface area contributed by atoms with Gasteiger partial charge >= 0.3 is 0 Å². The van der Waals surface area contributed by atoms with Crippen molar-refractivity contribution in [2.75, 3.05) is 0 Å². The molecule has 0 saturated carbocycles. The maximum atomic E-state index is 11.7. The lowest BCUT2D eigenvalue weighted by molar-refractivity contribution is 0.0955. The second-order valence-electron chi connectivity index (χ2n) is 2.88. The Morgan fingerprint density at radius 2 is 2.31 bits per heavy atom. The summed E-state index contributed by atoms with van der Waals surface area (Å²) in [6.07, 6.45) is 1.76. The first-order valence-electron chi connectivity index (χ1n) is 4.27. The molecule has 0 aromatic carbocycles. The first kappa shape index (κ1) is 12.2. The SMILES string of the molecule is O=C(NCc1cncs1)c1cc(Br)c(Br)s1. The van der Waals surface area contributed by atoms with E-state index in [-0.39, 0.29) is 5.91 Å². The smallest absolute Gasteiger partial charge is 0.261 e. The van der Waals surface area contributed by atoms with Crippen molar-refractivity contribution in [1.82, 2.24) is 10.3 Å². The van der Waals surface area contributed by atoms with E-state index in [2.05, 4.69) is 42.2 Å². The average Bonchev–Trinajstić information content (AvgIpc) is 2.86. The van der Waals surface area contributed by atoms with Crippen molar-refractivity contribution in [1.29, 1.82) is 0 Å². The Balaban J connectivity index is 1.98. The van der Waals surface area contributed by atoms with Gasteiger partial charge in [0.15, 0.2) is 0 Å². The number of carbonyl (C=O) groups is 1. The van der Waals surface area contributed by atoms with Crippen LogP contribution in [0.3, 0.4) is 0 Å². The standard InChI is InChI=1S/C9H6Br2N2OS2/c10-6-1-7(16-8(6)11)9(14)13-3-5-2-12-4-15-5/h1-2,4H,3H2,(H,13,14). The summed E-state index contributed by atoms with van der Waals surface area (Å²) < 4.78 is 1.83. The molecule has 0 aliphatic heterocycles. The molecule has 7 heteroatoms. The Labute approximate surface area is 117 Å². The highest BCUT2D eigenvalue weighted by Crippen LogP contribution is 2.32. The summed E-state index contributed by atoms with van der Waals surface area (Å²) >= 11 is 9.64. The van der Waals surface area contributed by atoms with Gasteiger partial charge in [0.2, 0.25) is 0 Å². The normalized spacial score (nSPS) is 10.4. The van der Waals surface area contributed by atoms with Gasteiger partial charge < -0.3 is 5.32 Å². The molecule has 0 saturated heterocycles. The molecule has 3 nitrogen and oxygen atoms in total. The molecule has 0 unspecified atom stereocenters.